The number of methoxy groups -OCH3 is 1. The van der Waals surface area contributed by atoms with Crippen LogP contribution in [-0.2, 0) is 4.79 Å². The molecule has 1 heterocycles. The zero-order chi connectivity index (χ0) is 13.7. The molecular formula is C14H20N2O2S. The van der Waals surface area contributed by atoms with Gasteiger partial charge in [0.1, 0.15) is 5.75 Å². The fraction of sp³-hybridized carbons (Fsp3) is 0.500. The fourth-order valence-corrected chi connectivity index (χ4v) is 2.83. The van der Waals surface area contributed by atoms with Crippen molar-refractivity contribution in [2.24, 2.45) is 5.92 Å². The maximum atomic E-state index is 11.9. The van der Waals surface area contributed by atoms with E-state index in [1.807, 2.05) is 25.1 Å². The molecule has 2 rings (SSSR count). The lowest BCUT2D eigenvalue weighted by Crippen LogP contribution is -2.43. The highest BCUT2D eigenvalue weighted by atomic mass is 32.2. The van der Waals surface area contributed by atoms with Crippen molar-refractivity contribution in [2.45, 2.75) is 6.92 Å². The molecule has 0 unspecified atom stereocenters. The number of ether oxygens (including phenoxy) is 1. The van der Waals surface area contributed by atoms with E-state index >= 15 is 0 Å². The average molecular weight is 280 g/mol. The molecule has 0 spiro atoms. The van der Waals surface area contributed by atoms with E-state index in [-0.39, 0.29) is 5.91 Å². The van der Waals surface area contributed by atoms with E-state index in [0.29, 0.717) is 11.5 Å². The molecule has 0 radical (unpaired) electrons. The third kappa shape index (κ3) is 4.14. The Morgan fingerprint density at radius 2 is 2.32 bits per heavy atom. The number of carbonyl (C=O) groups is 1. The summed E-state index contributed by atoms with van der Waals surface area (Å²) in [4.78, 5) is 11.9. The minimum atomic E-state index is 0.0289. The van der Waals surface area contributed by atoms with Crippen molar-refractivity contribution in [3.63, 3.8) is 0 Å². The van der Waals surface area contributed by atoms with Crippen LogP contribution in [0.2, 0.25) is 0 Å². The molecule has 0 saturated carbocycles. The van der Waals surface area contributed by atoms with E-state index in [1.165, 1.54) is 0 Å². The van der Waals surface area contributed by atoms with Crippen LogP contribution >= 0.6 is 11.8 Å². The molecule has 0 atom stereocenters. The Morgan fingerprint density at radius 1 is 1.53 bits per heavy atom. The number of thioether (sulfide) groups is 1. The maximum Gasteiger partial charge on any atom is 0.234 e. The molecule has 5 heteroatoms. The summed E-state index contributed by atoms with van der Waals surface area (Å²) in [5, 5.41) is 6.14. The second-order valence-corrected chi connectivity index (χ2v) is 5.82. The summed E-state index contributed by atoms with van der Waals surface area (Å²) in [5.41, 5.74) is 1.85. The van der Waals surface area contributed by atoms with Gasteiger partial charge in [0.05, 0.1) is 18.6 Å². The van der Waals surface area contributed by atoms with Gasteiger partial charge in [-0.2, -0.15) is 11.8 Å². The Labute approximate surface area is 118 Å². The highest BCUT2D eigenvalue weighted by molar-refractivity contribution is 7.99. The summed E-state index contributed by atoms with van der Waals surface area (Å²) in [6.07, 6.45) is 0. The molecule has 1 saturated heterocycles. The van der Waals surface area contributed by atoms with Crippen molar-refractivity contribution in [1.29, 1.82) is 0 Å². The molecule has 1 fully saturated rings. The Balaban J connectivity index is 1.81. The number of aryl methyl sites for hydroxylation is 1. The van der Waals surface area contributed by atoms with E-state index in [4.69, 9.17) is 4.74 Å². The lowest BCUT2D eigenvalue weighted by Gasteiger charge is -2.26. The zero-order valence-electron chi connectivity index (χ0n) is 11.4. The Bertz CT molecular complexity index is 447. The molecule has 4 nitrogen and oxygen atoms in total. The van der Waals surface area contributed by atoms with Gasteiger partial charge in [0.2, 0.25) is 5.91 Å². The van der Waals surface area contributed by atoms with Gasteiger partial charge in [-0.05, 0) is 49.4 Å². The van der Waals surface area contributed by atoms with Crippen LogP contribution < -0.4 is 15.4 Å². The summed E-state index contributed by atoms with van der Waals surface area (Å²) in [6, 6.07) is 5.77. The van der Waals surface area contributed by atoms with Crippen LogP contribution in [0.3, 0.4) is 0 Å². The highest BCUT2D eigenvalue weighted by Crippen LogP contribution is 2.25. The predicted molar refractivity (Wildman–Crippen MR) is 80.0 cm³/mol. The van der Waals surface area contributed by atoms with Gasteiger partial charge in [-0.3, -0.25) is 4.79 Å². The van der Waals surface area contributed by atoms with Crippen LogP contribution in [-0.4, -0.2) is 37.6 Å². The van der Waals surface area contributed by atoms with Crippen molar-refractivity contribution in [3.8, 4) is 5.75 Å². The van der Waals surface area contributed by atoms with Gasteiger partial charge in [-0.25, -0.2) is 0 Å². The highest BCUT2D eigenvalue weighted by Gasteiger charge is 2.17. The third-order valence-electron chi connectivity index (χ3n) is 3.08. The summed E-state index contributed by atoms with van der Waals surface area (Å²) >= 11 is 1.69. The first kappa shape index (κ1) is 14.2. The largest absolute Gasteiger partial charge is 0.495 e. The van der Waals surface area contributed by atoms with Crippen LogP contribution in [0.4, 0.5) is 5.69 Å². The smallest absolute Gasteiger partial charge is 0.234 e. The molecule has 1 amide bonds. The molecule has 19 heavy (non-hydrogen) atoms. The molecule has 0 bridgehead atoms. The molecule has 1 aliphatic rings. The third-order valence-corrected chi connectivity index (χ3v) is 4.26. The minimum absolute atomic E-state index is 0.0289. The predicted octanol–water partition coefficient (Wildman–Crippen LogP) is 1.89. The number of amides is 1. The zero-order valence-corrected chi connectivity index (χ0v) is 12.2. The van der Waals surface area contributed by atoms with Gasteiger partial charge in [-0.15, -0.1) is 0 Å². The topological polar surface area (TPSA) is 50.4 Å². The molecule has 1 aromatic rings. The van der Waals surface area contributed by atoms with Gasteiger partial charge in [0, 0.05) is 0 Å². The normalized spacial score (nSPS) is 14.8. The van der Waals surface area contributed by atoms with E-state index in [2.05, 4.69) is 10.6 Å². The fourth-order valence-electron chi connectivity index (χ4n) is 1.89. The Hall–Kier alpha value is -1.20. The number of anilines is 1. The number of hydrogen-bond donors (Lipinski definition) is 2. The van der Waals surface area contributed by atoms with E-state index in [0.717, 1.165) is 36.0 Å². The average Bonchev–Trinajstić information content (AvgIpc) is 2.32. The first-order chi connectivity index (χ1) is 9.19. The van der Waals surface area contributed by atoms with Gasteiger partial charge in [0.15, 0.2) is 0 Å². The SMILES string of the molecule is COc1ccc(C)cc1NC(=O)CSCC1CNC1. The molecule has 1 aromatic carbocycles. The molecular weight excluding hydrogens is 260 g/mol. The van der Waals surface area contributed by atoms with Gasteiger partial charge in [-0.1, -0.05) is 6.07 Å². The summed E-state index contributed by atoms with van der Waals surface area (Å²) in [6.45, 7) is 4.16. The summed E-state index contributed by atoms with van der Waals surface area (Å²) in [7, 11) is 1.61. The first-order valence-electron chi connectivity index (χ1n) is 6.42. The van der Waals surface area contributed by atoms with Gasteiger partial charge in [0.25, 0.3) is 0 Å². The standard InChI is InChI=1S/C14H20N2O2S/c1-10-3-4-13(18-2)12(5-10)16-14(17)9-19-8-11-6-15-7-11/h3-5,11,15H,6-9H2,1-2H3,(H,16,17). The van der Waals surface area contributed by atoms with Crippen LogP contribution in [0.15, 0.2) is 18.2 Å². The number of carbonyl (C=O) groups excluding carboxylic acids is 1. The maximum absolute atomic E-state index is 11.9. The van der Waals surface area contributed by atoms with E-state index in [1.54, 1.807) is 18.9 Å². The van der Waals surface area contributed by atoms with Crippen molar-refractivity contribution < 1.29 is 9.53 Å². The first-order valence-corrected chi connectivity index (χ1v) is 7.57. The minimum Gasteiger partial charge on any atom is -0.495 e. The van der Waals surface area contributed by atoms with Crippen LogP contribution in [0.25, 0.3) is 0 Å². The van der Waals surface area contributed by atoms with Crippen LogP contribution in [0.5, 0.6) is 5.75 Å². The Morgan fingerprint density at radius 3 is 2.95 bits per heavy atom. The van der Waals surface area contributed by atoms with E-state index < -0.39 is 0 Å². The Kier molecular flexibility index (Phi) is 5.10. The van der Waals surface area contributed by atoms with Crippen molar-refractivity contribution in [2.75, 3.05) is 37.0 Å². The molecule has 1 aliphatic heterocycles. The van der Waals surface area contributed by atoms with Gasteiger partial charge >= 0.3 is 0 Å². The number of benzene rings is 1. The monoisotopic (exact) mass is 280 g/mol. The van der Waals surface area contributed by atoms with E-state index in [9.17, 15) is 4.79 Å². The lowest BCUT2D eigenvalue weighted by atomic mass is 10.1. The number of rotatable bonds is 6. The molecule has 0 aliphatic carbocycles. The number of hydrogen-bond acceptors (Lipinski definition) is 4. The summed E-state index contributed by atoms with van der Waals surface area (Å²) < 4.78 is 5.24. The van der Waals surface area contributed by atoms with Crippen LogP contribution in [0.1, 0.15) is 5.56 Å². The lowest BCUT2D eigenvalue weighted by molar-refractivity contribution is -0.113. The van der Waals surface area contributed by atoms with Crippen molar-refractivity contribution in [3.05, 3.63) is 23.8 Å². The quantitative estimate of drug-likeness (QED) is 0.835. The molecule has 2 N–H and O–H groups in total. The molecule has 0 aromatic heterocycles. The number of nitrogens with one attached hydrogen (secondary N) is 2. The van der Waals surface area contributed by atoms with Crippen molar-refractivity contribution >= 4 is 23.4 Å². The summed E-state index contributed by atoms with van der Waals surface area (Å²) in [5.74, 6) is 3.00. The second-order valence-electron chi connectivity index (χ2n) is 4.79. The molecule has 104 valence electrons. The van der Waals surface area contributed by atoms with Gasteiger partial charge < -0.3 is 15.4 Å². The second kappa shape index (κ2) is 6.82. The van der Waals surface area contributed by atoms with Crippen molar-refractivity contribution in [1.82, 2.24) is 5.32 Å². The van der Waals surface area contributed by atoms with Crippen LogP contribution in [0, 0.1) is 12.8 Å².